The van der Waals surface area contributed by atoms with Crippen molar-refractivity contribution in [1.82, 2.24) is 24.7 Å². The predicted molar refractivity (Wildman–Crippen MR) is 155 cm³/mol. The molecule has 0 unspecified atom stereocenters. The number of anilines is 1. The average molecular weight is 544 g/mol. The number of nitriles is 1. The Bertz CT molecular complexity index is 1270. The van der Waals surface area contributed by atoms with Gasteiger partial charge in [-0.2, -0.15) is 15.2 Å². The minimum atomic E-state index is -0.221. The molecule has 0 saturated carbocycles. The van der Waals surface area contributed by atoms with Gasteiger partial charge < -0.3 is 19.4 Å². The van der Waals surface area contributed by atoms with Crippen molar-refractivity contribution in [2.45, 2.75) is 70.7 Å². The van der Waals surface area contributed by atoms with Crippen LogP contribution in [-0.2, 0) is 24.4 Å². The van der Waals surface area contributed by atoms with Crippen molar-refractivity contribution in [1.29, 1.82) is 5.26 Å². The van der Waals surface area contributed by atoms with Crippen LogP contribution in [0.1, 0.15) is 61.4 Å². The second-order valence-corrected chi connectivity index (χ2v) is 11.5. The molecular weight excluding hydrogens is 502 g/mol. The van der Waals surface area contributed by atoms with Gasteiger partial charge in [0.1, 0.15) is 12.4 Å². The van der Waals surface area contributed by atoms with Crippen molar-refractivity contribution in [2.75, 3.05) is 44.7 Å². The number of nitrogens with zero attached hydrogens (tertiary/aromatic N) is 7. The Morgan fingerprint density at radius 1 is 1.20 bits per heavy atom. The van der Waals surface area contributed by atoms with Gasteiger partial charge in [0.15, 0.2) is 0 Å². The van der Waals surface area contributed by atoms with Crippen molar-refractivity contribution in [3.63, 3.8) is 0 Å². The van der Waals surface area contributed by atoms with E-state index in [1.165, 1.54) is 23.6 Å². The summed E-state index contributed by atoms with van der Waals surface area (Å²) in [5, 5.41) is 9.49. The third kappa shape index (κ3) is 5.98. The number of carbonyl (C=O) groups is 1. The van der Waals surface area contributed by atoms with Crippen molar-refractivity contribution in [3.05, 3.63) is 59.3 Å². The number of benzene rings is 1. The van der Waals surface area contributed by atoms with Crippen molar-refractivity contribution in [2.24, 2.45) is 0 Å². The lowest BCUT2D eigenvalue weighted by Gasteiger charge is -2.41. The molecule has 212 valence electrons. The van der Waals surface area contributed by atoms with Crippen LogP contribution in [0.2, 0.25) is 0 Å². The van der Waals surface area contributed by atoms with Crippen LogP contribution in [0.5, 0.6) is 6.01 Å². The summed E-state index contributed by atoms with van der Waals surface area (Å²) in [7, 11) is 2.14. The Hall–Kier alpha value is -3.48. The van der Waals surface area contributed by atoms with E-state index in [1.807, 2.05) is 0 Å². The summed E-state index contributed by atoms with van der Waals surface area (Å²) in [5.41, 5.74) is 4.83. The van der Waals surface area contributed by atoms with Gasteiger partial charge >= 0.3 is 6.01 Å². The van der Waals surface area contributed by atoms with Crippen LogP contribution in [0.3, 0.4) is 0 Å². The Morgan fingerprint density at radius 3 is 2.75 bits per heavy atom. The quantitative estimate of drug-likeness (QED) is 0.443. The zero-order valence-corrected chi connectivity index (χ0v) is 24.1. The number of piperazine rings is 1. The number of fused-ring (bicyclic) bond motifs is 1. The molecule has 0 bridgehead atoms. The van der Waals surface area contributed by atoms with E-state index in [4.69, 9.17) is 14.7 Å². The third-order valence-electron chi connectivity index (χ3n) is 8.52. The van der Waals surface area contributed by atoms with Gasteiger partial charge in [-0.25, -0.2) is 0 Å². The molecule has 40 heavy (non-hydrogen) atoms. The van der Waals surface area contributed by atoms with Gasteiger partial charge in [0.2, 0.25) is 5.91 Å². The maximum absolute atomic E-state index is 12.5. The van der Waals surface area contributed by atoms with Gasteiger partial charge in [-0.3, -0.25) is 9.69 Å². The number of amides is 1. The lowest BCUT2D eigenvalue weighted by molar-refractivity contribution is -0.128. The molecule has 9 nitrogen and oxygen atoms in total. The highest BCUT2D eigenvalue weighted by molar-refractivity contribution is 5.87. The highest BCUT2D eigenvalue weighted by Gasteiger charge is 2.34. The molecule has 1 amide bonds. The molecule has 0 radical (unpaired) electrons. The Morgan fingerprint density at radius 2 is 2.02 bits per heavy atom. The SMILES string of the molecule is C=CC(=O)N1CCN(c2nc(OC[C@@H]3CCCN3C)nc3c2CN(Cc2ccccc2C(C)C)C3)C[C@@H]1CC#N. The molecule has 0 aliphatic carbocycles. The van der Waals surface area contributed by atoms with E-state index in [0.29, 0.717) is 44.2 Å². The maximum Gasteiger partial charge on any atom is 0.318 e. The topological polar surface area (TPSA) is 88.8 Å². The van der Waals surface area contributed by atoms with Crippen LogP contribution in [0.15, 0.2) is 36.9 Å². The number of hydrogen-bond acceptors (Lipinski definition) is 8. The monoisotopic (exact) mass is 543 g/mol. The van der Waals surface area contributed by atoms with Crippen molar-refractivity contribution in [3.8, 4) is 12.1 Å². The molecule has 5 rings (SSSR count). The van der Waals surface area contributed by atoms with E-state index in [0.717, 1.165) is 49.7 Å². The molecule has 3 aliphatic heterocycles. The summed E-state index contributed by atoms with van der Waals surface area (Å²) in [5.74, 6) is 1.19. The van der Waals surface area contributed by atoms with Gasteiger partial charge in [-0.1, -0.05) is 44.7 Å². The molecule has 2 aromatic rings. The second kappa shape index (κ2) is 12.4. The van der Waals surface area contributed by atoms with Gasteiger partial charge in [0.05, 0.1) is 24.2 Å². The number of carbonyl (C=O) groups excluding carboxylic acids is 1. The van der Waals surface area contributed by atoms with Gasteiger partial charge in [-0.05, 0) is 49.6 Å². The van der Waals surface area contributed by atoms with E-state index >= 15 is 0 Å². The van der Waals surface area contributed by atoms with Crippen LogP contribution < -0.4 is 9.64 Å². The third-order valence-corrected chi connectivity index (χ3v) is 8.52. The molecular formula is C31H41N7O2. The fourth-order valence-corrected chi connectivity index (χ4v) is 6.30. The van der Waals surface area contributed by atoms with Crippen molar-refractivity contribution >= 4 is 11.7 Å². The molecule has 3 aliphatic rings. The first-order valence-electron chi connectivity index (χ1n) is 14.5. The molecule has 9 heteroatoms. The van der Waals surface area contributed by atoms with Crippen LogP contribution in [0.4, 0.5) is 5.82 Å². The molecule has 2 atom stereocenters. The zero-order chi connectivity index (χ0) is 28.2. The Labute approximate surface area is 238 Å². The Balaban J connectivity index is 1.41. The van der Waals surface area contributed by atoms with Gasteiger partial charge in [-0.15, -0.1) is 0 Å². The highest BCUT2D eigenvalue weighted by atomic mass is 16.5. The number of likely N-dealkylation sites (tertiary alicyclic amines) is 1. The molecule has 2 saturated heterocycles. The number of hydrogen-bond donors (Lipinski definition) is 0. The average Bonchev–Trinajstić information content (AvgIpc) is 3.56. The van der Waals surface area contributed by atoms with E-state index in [2.05, 4.69) is 72.5 Å². The predicted octanol–water partition coefficient (Wildman–Crippen LogP) is 3.71. The van der Waals surface area contributed by atoms with Gasteiger partial charge in [0, 0.05) is 50.9 Å². The summed E-state index contributed by atoms with van der Waals surface area (Å²) in [4.78, 5) is 31.1. The first-order valence-corrected chi connectivity index (χ1v) is 14.5. The molecule has 0 spiro atoms. The zero-order valence-electron chi connectivity index (χ0n) is 24.1. The standard InChI is InChI=1S/C31H41N7O2/c1-5-29(39)38-16-15-37(18-24(38)12-13-32)30-27-19-36(17-23-9-6-7-11-26(23)22(2)3)20-28(27)33-31(34-30)40-21-25-10-8-14-35(25)4/h5-7,9,11,22,24-25H,1,8,10,12,14-21H2,2-4H3/t24-,25-/m0/s1. The maximum atomic E-state index is 12.5. The van der Waals surface area contributed by atoms with Gasteiger partial charge in [0.25, 0.3) is 0 Å². The smallest absolute Gasteiger partial charge is 0.318 e. The molecule has 1 aromatic carbocycles. The fourth-order valence-electron chi connectivity index (χ4n) is 6.30. The van der Waals surface area contributed by atoms with Crippen LogP contribution in [0, 0.1) is 11.3 Å². The number of rotatable bonds is 9. The largest absolute Gasteiger partial charge is 0.462 e. The van der Waals surface area contributed by atoms with E-state index in [-0.39, 0.29) is 18.4 Å². The van der Waals surface area contributed by atoms with Crippen LogP contribution in [-0.4, -0.2) is 82.5 Å². The summed E-state index contributed by atoms with van der Waals surface area (Å²) < 4.78 is 6.23. The van der Waals surface area contributed by atoms with E-state index in [1.54, 1.807) is 4.90 Å². The first kappa shape index (κ1) is 28.1. The molecule has 1 aromatic heterocycles. The van der Waals surface area contributed by atoms with E-state index in [9.17, 15) is 10.1 Å². The summed E-state index contributed by atoms with van der Waals surface area (Å²) in [6.45, 7) is 13.8. The highest BCUT2D eigenvalue weighted by Crippen LogP contribution is 2.34. The normalized spacial score (nSPS) is 21.5. The van der Waals surface area contributed by atoms with Crippen LogP contribution >= 0.6 is 0 Å². The molecule has 0 N–H and O–H groups in total. The summed E-state index contributed by atoms with van der Waals surface area (Å²) >= 11 is 0. The molecule has 4 heterocycles. The minimum absolute atomic E-state index is 0.132. The van der Waals surface area contributed by atoms with Crippen molar-refractivity contribution < 1.29 is 9.53 Å². The summed E-state index contributed by atoms with van der Waals surface area (Å²) in [6.07, 6.45) is 3.90. The molecule has 2 fully saturated rings. The fraction of sp³-hybridized carbons (Fsp3) is 0.548. The lowest BCUT2D eigenvalue weighted by atomic mass is 9.97. The number of ether oxygens (including phenoxy) is 1. The number of aromatic nitrogens is 2. The van der Waals surface area contributed by atoms with Crippen LogP contribution in [0.25, 0.3) is 0 Å². The minimum Gasteiger partial charge on any atom is -0.462 e. The summed E-state index contributed by atoms with van der Waals surface area (Å²) in [6, 6.07) is 11.5. The first-order chi connectivity index (χ1) is 19.4. The van der Waals surface area contributed by atoms with E-state index < -0.39 is 0 Å². The lowest BCUT2D eigenvalue weighted by Crippen LogP contribution is -2.55. The number of likely N-dealkylation sites (N-methyl/N-ethyl adjacent to an activating group) is 1. The Kier molecular flexibility index (Phi) is 8.67. The second-order valence-electron chi connectivity index (χ2n) is 11.5.